The first-order valence-electron chi connectivity index (χ1n) is 6.74. The highest BCUT2D eigenvalue weighted by molar-refractivity contribution is 7.87. The van der Waals surface area contributed by atoms with Gasteiger partial charge in [0.1, 0.15) is 10.6 Å². The van der Waals surface area contributed by atoms with Crippen LogP contribution in [0.2, 0.25) is 0 Å². The van der Waals surface area contributed by atoms with E-state index in [1.54, 1.807) is 24.3 Å². The molecular formula is C16H19NO3S. The Morgan fingerprint density at radius 2 is 1.71 bits per heavy atom. The Kier molecular flexibility index (Phi) is 4.53. The Bertz CT molecular complexity index is 707. The number of hydrogen-bond donors (Lipinski definition) is 1. The summed E-state index contributed by atoms with van der Waals surface area (Å²) in [5, 5.41) is 3.17. The van der Waals surface area contributed by atoms with Crippen molar-refractivity contribution in [3.63, 3.8) is 0 Å². The molecule has 0 atom stereocenters. The van der Waals surface area contributed by atoms with E-state index in [4.69, 9.17) is 4.18 Å². The first-order valence-corrected chi connectivity index (χ1v) is 8.15. The maximum Gasteiger partial charge on any atom is 0.339 e. The summed E-state index contributed by atoms with van der Waals surface area (Å²) < 4.78 is 29.7. The number of nitrogens with one attached hydrogen (secondary N) is 1. The van der Waals surface area contributed by atoms with Crippen LogP contribution in [0.3, 0.4) is 0 Å². The number of benzene rings is 2. The van der Waals surface area contributed by atoms with Crippen molar-refractivity contribution < 1.29 is 12.6 Å². The van der Waals surface area contributed by atoms with Crippen LogP contribution in [0.15, 0.2) is 53.4 Å². The molecule has 2 rings (SSSR count). The minimum Gasteiger partial charge on any atom is -0.383 e. The second-order valence-electron chi connectivity index (χ2n) is 5.18. The average Bonchev–Trinajstić information content (AvgIpc) is 2.41. The molecule has 2 aromatic rings. The number of hydrogen-bond acceptors (Lipinski definition) is 4. The van der Waals surface area contributed by atoms with Crippen LogP contribution in [0, 0.1) is 6.92 Å². The van der Waals surface area contributed by atoms with Crippen LogP contribution in [0.5, 0.6) is 5.75 Å². The number of anilines is 1. The molecule has 0 spiro atoms. The van der Waals surface area contributed by atoms with E-state index in [0.29, 0.717) is 5.75 Å². The molecule has 0 amide bonds. The average molecular weight is 305 g/mol. The Morgan fingerprint density at radius 1 is 1.05 bits per heavy atom. The minimum absolute atomic E-state index is 0.133. The van der Waals surface area contributed by atoms with Crippen LogP contribution in [0.25, 0.3) is 0 Å². The van der Waals surface area contributed by atoms with Gasteiger partial charge in [-0.3, -0.25) is 0 Å². The van der Waals surface area contributed by atoms with Gasteiger partial charge < -0.3 is 9.50 Å². The van der Waals surface area contributed by atoms with Crippen molar-refractivity contribution in [3.05, 3.63) is 54.1 Å². The fourth-order valence-corrected chi connectivity index (χ4v) is 2.82. The molecule has 0 saturated carbocycles. The van der Waals surface area contributed by atoms with Gasteiger partial charge in [-0.1, -0.05) is 23.8 Å². The topological polar surface area (TPSA) is 55.4 Å². The molecule has 0 aromatic heterocycles. The molecule has 4 nitrogen and oxygen atoms in total. The minimum atomic E-state index is -3.82. The zero-order chi connectivity index (χ0) is 15.5. The lowest BCUT2D eigenvalue weighted by Crippen LogP contribution is -2.12. The van der Waals surface area contributed by atoms with E-state index in [0.717, 1.165) is 11.3 Å². The van der Waals surface area contributed by atoms with Gasteiger partial charge in [0.15, 0.2) is 0 Å². The normalized spacial score (nSPS) is 11.4. The van der Waals surface area contributed by atoms with E-state index in [-0.39, 0.29) is 10.9 Å². The summed E-state index contributed by atoms with van der Waals surface area (Å²) in [5.74, 6) is 0.308. The van der Waals surface area contributed by atoms with Crippen LogP contribution in [0.4, 0.5) is 5.69 Å². The van der Waals surface area contributed by atoms with Crippen LogP contribution in [0.1, 0.15) is 19.4 Å². The van der Waals surface area contributed by atoms with Gasteiger partial charge in [0, 0.05) is 11.7 Å². The van der Waals surface area contributed by atoms with Crippen molar-refractivity contribution in [2.24, 2.45) is 0 Å². The molecule has 0 unspecified atom stereocenters. The molecular weight excluding hydrogens is 286 g/mol. The van der Waals surface area contributed by atoms with E-state index < -0.39 is 10.1 Å². The lowest BCUT2D eigenvalue weighted by molar-refractivity contribution is 0.486. The predicted octanol–water partition coefficient (Wildman–Crippen LogP) is 3.58. The van der Waals surface area contributed by atoms with E-state index in [2.05, 4.69) is 5.32 Å². The van der Waals surface area contributed by atoms with E-state index in [9.17, 15) is 8.42 Å². The summed E-state index contributed by atoms with van der Waals surface area (Å²) in [4.78, 5) is 0.133. The van der Waals surface area contributed by atoms with Crippen molar-refractivity contribution in [2.75, 3.05) is 5.32 Å². The molecule has 0 heterocycles. The third-order valence-corrected chi connectivity index (χ3v) is 4.05. The zero-order valence-corrected chi connectivity index (χ0v) is 13.1. The molecule has 112 valence electrons. The zero-order valence-electron chi connectivity index (χ0n) is 12.3. The summed E-state index contributed by atoms with van der Waals surface area (Å²) in [6.45, 7) is 5.91. The van der Waals surface area contributed by atoms with Gasteiger partial charge in [-0.25, -0.2) is 0 Å². The molecule has 0 aliphatic heterocycles. The molecule has 1 N–H and O–H groups in total. The number of aryl methyl sites for hydroxylation is 1. The van der Waals surface area contributed by atoms with Crippen molar-refractivity contribution in [1.82, 2.24) is 0 Å². The second kappa shape index (κ2) is 6.18. The first-order chi connectivity index (χ1) is 9.87. The van der Waals surface area contributed by atoms with Gasteiger partial charge >= 0.3 is 10.1 Å². The molecule has 21 heavy (non-hydrogen) atoms. The highest BCUT2D eigenvalue weighted by Crippen LogP contribution is 2.21. The lowest BCUT2D eigenvalue weighted by atomic mass is 10.2. The summed E-state index contributed by atoms with van der Waals surface area (Å²) in [7, 11) is -3.82. The quantitative estimate of drug-likeness (QED) is 0.858. The van der Waals surface area contributed by atoms with Crippen LogP contribution in [-0.4, -0.2) is 14.5 Å². The molecule has 0 aliphatic carbocycles. The predicted molar refractivity (Wildman–Crippen MR) is 84.2 cm³/mol. The highest BCUT2D eigenvalue weighted by Gasteiger charge is 2.17. The monoisotopic (exact) mass is 305 g/mol. The standard InChI is InChI=1S/C16H19NO3S/c1-12(2)17-14-5-4-6-16(11-14)21(18,19)20-15-9-7-13(3)8-10-15/h4-12,17H,1-3H3. The molecule has 0 bridgehead atoms. The second-order valence-corrected chi connectivity index (χ2v) is 6.72. The molecule has 0 aliphatic rings. The van der Waals surface area contributed by atoms with E-state index >= 15 is 0 Å². The van der Waals surface area contributed by atoms with Crippen LogP contribution < -0.4 is 9.50 Å². The summed E-state index contributed by atoms with van der Waals surface area (Å²) in [6, 6.07) is 13.7. The van der Waals surface area contributed by atoms with Gasteiger partial charge in [0.05, 0.1) is 0 Å². The van der Waals surface area contributed by atoms with Gasteiger partial charge in [-0.15, -0.1) is 0 Å². The Morgan fingerprint density at radius 3 is 2.33 bits per heavy atom. The molecule has 0 radical (unpaired) electrons. The maximum absolute atomic E-state index is 12.3. The van der Waals surface area contributed by atoms with Gasteiger partial charge in [0.25, 0.3) is 0 Å². The van der Waals surface area contributed by atoms with E-state index in [1.165, 1.54) is 6.07 Å². The van der Waals surface area contributed by atoms with Crippen molar-refractivity contribution in [2.45, 2.75) is 31.7 Å². The molecule has 2 aromatic carbocycles. The number of rotatable bonds is 5. The maximum atomic E-state index is 12.3. The third kappa shape index (κ3) is 4.23. The highest BCUT2D eigenvalue weighted by atomic mass is 32.2. The molecule has 0 fully saturated rings. The Balaban J connectivity index is 2.24. The van der Waals surface area contributed by atoms with Crippen molar-refractivity contribution in [1.29, 1.82) is 0 Å². The first kappa shape index (κ1) is 15.4. The van der Waals surface area contributed by atoms with Gasteiger partial charge in [-0.05, 0) is 51.1 Å². The smallest absolute Gasteiger partial charge is 0.339 e. The summed E-state index contributed by atoms with van der Waals surface area (Å²) in [5.41, 5.74) is 1.79. The fourth-order valence-electron chi connectivity index (χ4n) is 1.84. The lowest BCUT2D eigenvalue weighted by Gasteiger charge is -2.12. The van der Waals surface area contributed by atoms with Crippen LogP contribution >= 0.6 is 0 Å². The van der Waals surface area contributed by atoms with E-state index in [1.807, 2.05) is 39.0 Å². The largest absolute Gasteiger partial charge is 0.383 e. The molecule has 0 saturated heterocycles. The third-order valence-electron chi connectivity index (χ3n) is 2.80. The van der Waals surface area contributed by atoms with Gasteiger partial charge in [0.2, 0.25) is 0 Å². The van der Waals surface area contributed by atoms with Gasteiger partial charge in [-0.2, -0.15) is 8.42 Å². The van der Waals surface area contributed by atoms with Crippen molar-refractivity contribution >= 4 is 15.8 Å². The SMILES string of the molecule is Cc1ccc(OS(=O)(=O)c2cccc(NC(C)C)c2)cc1. The fraction of sp³-hybridized carbons (Fsp3) is 0.250. The molecule has 5 heteroatoms. The Labute approximate surface area is 125 Å². The summed E-state index contributed by atoms with van der Waals surface area (Å²) >= 11 is 0. The Hall–Kier alpha value is -2.01. The summed E-state index contributed by atoms with van der Waals surface area (Å²) in [6.07, 6.45) is 0. The van der Waals surface area contributed by atoms with Crippen LogP contribution in [-0.2, 0) is 10.1 Å². The van der Waals surface area contributed by atoms with Crippen molar-refractivity contribution in [3.8, 4) is 5.75 Å².